The Morgan fingerprint density at radius 3 is 1.63 bits per heavy atom. The molecule has 0 spiro atoms. The number of hydrogen-bond acceptors (Lipinski definition) is 3. The van der Waals surface area contributed by atoms with Gasteiger partial charge in [-0.2, -0.15) is 26.3 Å². The van der Waals surface area contributed by atoms with Crippen LogP contribution in [0.1, 0.15) is 11.1 Å². The van der Waals surface area contributed by atoms with E-state index in [-0.39, 0.29) is 22.5 Å². The molecule has 0 unspecified atom stereocenters. The van der Waals surface area contributed by atoms with Crippen LogP contribution in [0.4, 0.5) is 26.3 Å². The van der Waals surface area contributed by atoms with Gasteiger partial charge in [-0.3, -0.25) is 0 Å². The van der Waals surface area contributed by atoms with Gasteiger partial charge in [0.2, 0.25) is 0 Å². The second kappa shape index (κ2) is 12.2. The quantitative estimate of drug-likeness (QED) is 0.169. The molecule has 0 bridgehead atoms. The lowest BCUT2D eigenvalue weighted by molar-refractivity contribution is -0.138. The molecule has 250 valence electrons. The second-order valence-corrected chi connectivity index (χ2v) is 11.9. The van der Waals surface area contributed by atoms with Gasteiger partial charge in [0.05, 0.1) is 27.8 Å². The van der Waals surface area contributed by atoms with Crippen molar-refractivity contribution < 1.29 is 26.3 Å². The highest BCUT2D eigenvalue weighted by molar-refractivity contribution is 6.10. The van der Waals surface area contributed by atoms with E-state index in [1.165, 1.54) is 24.3 Å². The van der Waals surface area contributed by atoms with Crippen molar-refractivity contribution in [3.63, 3.8) is 0 Å². The molecule has 0 aliphatic carbocycles. The number of fused-ring (bicyclic) bond motifs is 3. The van der Waals surface area contributed by atoms with Gasteiger partial charge in [0.1, 0.15) is 0 Å². The molecule has 0 atom stereocenters. The fourth-order valence-corrected chi connectivity index (χ4v) is 6.39. The molecule has 8 aromatic rings. The number of benzene rings is 6. The number of hydrogen-bond donors (Lipinski definition) is 0. The van der Waals surface area contributed by atoms with Crippen LogP contribution in [-0.4, -0.2) is 19.5 Å². The predicted octanol–water partition coefficient (Wildman–Crippen LogP) is 11.7. The van der Waals surface area contributed by atoms with Gasteiger partial charge in [-0.15, -0.1) is 0 Å². The summed E-state index contributed by atoms with van der Waals surface area (Å²) in [5.74, 6) is 0.878. The lowest BCUT2D eigenvalue weighted by Crippen LogP contribution is -2.08. The smallest absolute Gasteiger partial charge is 0.308 e. The molecule has 0 N–H and O–H groups in total. The van der Waals surface area contributed by atoms with Crippen LogP contribution in [0.3, 0.4) is 0 Å². The highest BCUT2D eigenvalue weighted by atomic mass is 19.4. The maximum absolute atomic E-state index is 14.3. The first-order chi connectivity index (χ1) is 24.6. The van der Waals surface area contributed by atoms with Crippen molar-refractivity contribution in [3.05, 3.63) is 157 Å². The normalized spacial score (nSPS) is 12.1. The molecule has 4 nitrogen and oxygen atoms in total. The molecular weight excluding hydrogens is 662 g/mol. The third-order valence-corrected chi connectivity index (χ3v) is 8.72. The van der Waals surface area contributed by atoms with Crippen LogP contribution in [0.2, 0.25) is 0 Å². The Hall–Kier alpha value is -6.29. The molecule has 51 heavy (non-hydrogen) atoms. The molecule has 0 fully saturated rings. The molecule has 8 rings (SSSR count). The molecule has 0 aliphatic rings. The van der Waals surface area contributed by atoms with E-state index in [1.807, 2.05) is 60.7 Å². The number of nitrogens with zero attached hydrogens (tertiary/aromatic N) is 4. The van der Waals surface area contributed by atoms with Crippen molar-refractivity contribution in [1.82, 2.24) is 19.5 Å². The first kappa shape index (κ1) is 31.9. The van der Waals surface area contributed by atoms with E-state index in [2.05, 4.69) is 0 Å². The van der Waals surface area contributed by atoms with Gasteiger partial charge in [-0.25, -0.2) is 15.0 Å². The Balaban J connectivity index is 1.48. The van der Waals surface area contributed by atoms with Crippen molar-refractivity contribution >= 4 is 21.8 Å². The van der Waals surface area contributed by atoms with Crippen LogP contribution in [0.5, 0.6) is 0 Å². The topological polar surface area (TPSA) is 43.6 Å². The molecule has 10 heteroatoms. The number of aromatic nitrogens is 4. The first-order valence-corrected chi connectivity index (χ1v) is 15.8. The minimum absolute atomic E-state index is 0.0832. The molecule has 0 radical (unpaired) electrons. The Morgan fingerprint density at radius 1 is 0.412 bits per heavy atom. The van der Waals surface area contributed by atoms with Crippen molar-refractivity contribution in [2.45, 2.75) is 12.4 Å². The van der Waals surface area contributed by atoms with Gasteiger partial charge in [0, 0.05) is 27.5 Å². The summed E-state index contributed by atoms with van der Waals surface area (Å²) < 4.78 is 87.0. The maximum Gasteiger partial charge on any atom is 0.417 e. The van der Waals surface area contributed by atoms with Crippen LogP contribution in [0, 0.1) is 0 Å². The van der Waals surface area contributed by atoms with Crippen LogP contribution < -0.4 is 0 Å². The standard InChI is InChI=1S/C41H24F6N4/c42-40(43,44)28-20-22-31-30-16-8-10-18-34(30)51(36(31)24-28)35-23-27(29-15-7-9-17-33(29)41(45,46)47)19-21-32(35)39-49-37(25-11-3-1-4-12-25)48-38(50-39)26-13-5-2-6-14-26/h1-24H. The molecule has 0 amide bonds. The fraction of sp³-hybridized carbons (Fsp3) is 0.0488. The number of alkyl halides is 6. The van der Waals surface area contributed by atoms with E-state index in [1.54, 1.807) is 47.0 Å². The molecule has 2 aromatic heterocycles. The largest absolute Gasteiger partial charge is 0.417 e. The summed E-state index contributed by atoms with van der Waals surface area (Å²) in [5, 5.41) is 1.20. The monoisotopic (exact) mass is 686 g/mol. The third-order valence-electron chi connectivity index (χ3n) is 8.72. The Bertz CT molecular complexity index is 2500. The van der Waals surface area contributed by atoms with E-state index < -0.39 is 23.5 Å². The third kappa shape index (κ3) is 5.88. The van der Waals surface area contributed by atoms with E-state index in [4.69, 9.17) is 15.0 Å². The highest BCUT2D eigenvalue weighted by Crippen LogP contribution is 2.42. The fourth-order valence-electron chi connectivity index (χ4n) is 6.39. The Labute approximate surface area is 287 Å². The van der Waals surface area contributed by atoms with Crippen LogP contribution in [-0.2, 0) is 12.4 Å². The summed E-state index contributed by atoms with van der Waals surface area (Å²) in [6, 6.07) is 39.0. The van der Waals surface area contributed by atoms with E-state index >= 15 is 0 Å². The highest BCUT2D eigenvalue weighted by Gasteiger charge is 2.34. The zero-order chi connectivity index (χ0) is 35.3. The molecule has 0 saturated carbocycles. The Kier molecular flexibility index (Phi) is 7.67. The molecular formula is C41H24F6N4. The van der Waals surface area contributed by atoms with Crippen LogP contribution in [0.25, 0.3) is 72.8 Å². The summed E-state index contributed by atoms with van der Waals surface area (Å²) >= 11 is 0. The predicted molar refractivity (Wildman–Crippen MR) is 186 cm³/mol. The van der Waals surface area contributed by atoms with Gasteiger partial charge in [0.25, 0.3) is 0 Å². The molecule has 6 aromatic carbocycles. The number of halogens is 6. The minimum atomic E-state index is -4.66. The van der Waals surface area contributed by atoms with Gasteiger partial charge < -0.3 is 4.57 Å². The SMILES string of the molecule is FC(F)(F)c1ccc2c3ccccc3n(-c3cc(-c4ccccc4C(F)(F)F)ccc3-c3nc(-c4ccccc4)nc(-c4ccccc4)n3)c2c1. The van der Waals surface area contributed by atoms with Gasteiger partial charge in [0.15, 0.2) is 17.5 Å². The molecule has 0 aliphatic heterocycles. The van der Waals surface area contributed by atoms with Gasteiger partial charge in [-0.05, 0) is 47.5 Å². The summed E-state index contributed by atoms with van der Waals surface area (Å²) in [4.78, 5) is 14.5. The van der Waals surface area contributed by atoms with Crippen molar-refractivity contribution in [2.24, 2.45) is 0 Å². The average Bonchev–Trinajstić information content (AvgIpc) is 3.48. The summed E-state index contributed by atoms with van der Waals surface area (Å²) in [7, 11) is 0. The maximum atomic E-state index is 14.3. The number of para-hydroxylation sites is 1. The zero-order valence-electron chi connectivity index (χ0n) is 26.4. The van der Waals surface area contributed by atoms with Gasteiger partial charge in [-0.1, -0.05) is 109 Å². The van der Waals surface area contributed by atoms with E-state index in [0.29, 0.717) is 50.3 Å². The average molecular weight is 687 g/mol. The second-order valence-electron chi connectivity index (χ2n) is 11.9. The first-order valence-electron chi connectivity index (χ1n) is 15.8. The zero-order valence-corrected chi connectivity index (χ0v) is 26.4. The lowest BCUT2D eigenvalue weighted by atomic mass is 9.97. The van der Waals surface area contributed by atoms with Crippen molar-refractivity contribution in [2.75, 3.05) is 0 Å². The summed E-state index contributed by atoms with van der Waals surface area (Å²) in [5.41, 5.74) is 1.24. The van der Waals surface area contributed by atoms with E-state index in [9.17, 15) is 26.3 Å². The van der Waals surface area contributed by atoms with E-state index in [0.717, 1.165) is 18.2 Å². The van der Waals surface area contributed by atoms with Crippen molar-refractivity contribution in [3.8, 4) is 51.0 Å². The minimum Gasteiger partial charge on any atom is -0.308 e. The molecule has 0 saturated heterocycles. The van der Waals surface area contributed by atoms with Gasteiger partial charge >= 0.3 is 12.4 Å². The van der Waals surface area contributed by atoms with Crippen LogP contribution in [0.15, 0.2) is 146 Å². The summed E-state index contributed by atoms with van der Waals surface area (Å²) in [6.45, 7) is 0. The molecule has 2 heterocycles. The Morgan fingerprint density at radius 2 is 0.980 bits per heavy atom. The number of rotatable bonds is 5. The van der Waals surface area contributed by atoms with Crippen LogP contribution >= 0.6 is 0 Å². The lowest BCUT2D eigenvalue weighted by Gasteiger charge is -2.18. The summed E-state index contributed by atoms with van der Waals surface area (Å²) in [6.07, 6.45) is -9.30. The van der Waals surface area contributed by atoms with Crippen molar-refractivity contribution in [1.29, 1.82) is 0 Å².